The lowest BCUT2D eigenvalue weighted by atomic mass is 9.92. The Balaban J connectivity index is 2.37. The van der Waals surface area contributed by atoms with E-state index >= 15 is 0 Å². The van der Waals surface area contributed by atoms with Crippen molar-refractivity contribution in [2.45, 2.75) is 5.92 Å². The minimum absolute atomic E-state index is 0.180. The highest BCUT2D eigenvalue weighted by molar-refractivity contribution is 6.02. The van der Waals surface area contributed by atoms with Gasteiger partial charge in [-0.05, 0) is 29.8 Å². The Morgan fingerprint density at radius 3 is 2.65 bits per heavy atom. The molecule has 0 amide bonds. The van der Waals surface area contributed by atoms with Crippen molar-refractivity contribution in [2.24, 2.45) is 0 Å². The second kappa shape index (κ2) is 5.98. The van der Waals surface area contributed by atoms with Crippen molar-refractivity contribution < 1.29 is 13.9 Å². The molecule has 0 saturated heterocycles. The van der Waals surface area contributed by atoms with Crippen molar-refractivity contribution in [3.05, 3.63) is 65.5 Å². The van der Waals surface area contributed by atoms with Crippen LogP contribution in [-0.4, -0.2) is 12.9 Å². The number of carbonyl (C=O) groups excluding carboxylic acids is 1. The zero-order valence-electron chi connectivity index (χ0n) is 10.8. The molecule has 0 N–H and O–H groups in total. The molecule has 3 nitrogen and oxygen atoms in total. The molecule has 0 spiro atoms. The zero-order chi connectivity index (χ0) is 14.5. The van der Waals surface area contributed by atoms with Gasteiger partial charge in [-0.2, -0.15) is 5.26 Å². The summed E-state index contributed by atoms with van der Waals surface area (Å²) in [4.78, 5) is 12.3. The van der Waals surface area contributed by atoms with Gasteiger partial charge in [0.1, 0.15) is 17.5 Å². The first kappa shape index (κ1) is 13.8. The van der Waals surface area contributed by atoms with Crippen LogP contribution < -0.4 is 4.74 Å². The van der Waals surface area contributed by atoms with Crippen molar-refractivity contribution in [3.63, 3.8) is 0 Å². The van der Waals surface area contributed by atoms with Crippen molar-refractivity contribution >= 4 is 5.78 Å². The van der Waals surface area contributed by atoms with Crippen LogP contribution in [-0.2, 0) is 0 Å². The number of rotatable bonds is 4. The molecule has 0 fully saturated rings. The van der Waals surface area contributed by atoms with Gasteiger partial charge >= 0.3 is 0 Å². The topological polar surface area (TPSA) is 50.1 Å². The van der Waals surface area contributed by atoms with Gasteiger partial charge in [0.25, 0.3) is 0 Å². The molecule has 4 heteroatoms. The van der Waals surface area contributed by atoms with E-state index in [1.54, 1.807) is 24.3 Å². The Kier molecular flexibility index (Phi) is 4.11. The third kappa shape index (κ3) is 2.83. The molecule has 0 heterocycles. The fourth-order valence-electron chi connectivity index (χ4n) is 1.91. The highest BCUT2D eigenvalue weighted by Gasteiger charge is 2.22. The van der Waals surface area contributed by atoms with Crippen molar-refractivity contribution in [2.75, 3.05) is 7.11 Å². The van der Waals surface area contributed by atoms with E-state index in [-0.39, 0.29) is 5.56 Å². The summed E-state index contributed by atoms with van der Waals surface area (Å²) in [5, 5.41) is 9.24. The summed E-state index contributed by atoms with van der Waals surface area (Å²) in [6.07, 6.45) is 0. The smallest absolute Gasteiger partial charge is 0.184 e. The molecule has 0 aliphatic carbocycles. The van der Waals surface area contributed by atoms with Gasteiger partial charge < -0.3 is 4.74 Å². The second-order valence-corrected chi connectivity index (χ2v) is 4.21. The summed E-state index contributed by atoms with van der Waals surface area (Å²) in [6.45, 7) is 0. The minimum Gasteiger partial charge on any atom is -0.497 e. The van der Waals surface area contributed by atoms with Gasteiger partial charge in [0.15, 0.2) is 5.78 Å². The van der Waals surface area contributed by atoms with Crippen LogP contribution in [0.25, 0.3) is 0 Å². The quantitative estimate of drug-likeness (QED) is 0.800. The van der Waals surface area contributed by atoms with E-state index in [4.69, 9.17) is 4.74 Å². The Morgan fingerprint density at radius 1 is 1.25 bits per heavy atom. The number of methoxy groups -OCH3 is 1. The van der Waals surface area contributed by atoms with E-state index in [0.717, 1.165) is 6.07 Å². The molecule has 2 aromatic carbocycles. The van der Waals surface area contributed by atoms with E-state index in [1.165, 1.54) is 25.3 Å². The van der Waals surface area contributed by atoms with Crippen LogP contribution in [0, 0.1) is 17.1 Å². The highest BCUT2D eigenvalue weighted by Crippen LogP contribution is 2.24. The van der Waals surface area contributed by atoms with Crippen LogP contribution >= 0.6 is 0 Å². The van der Waals surface area contributed by atoms with E-state index in [2.05, 4.69) is 0 Å². The average Bonchev–Trinajstić information content (AvgIpc) is 2.48. The van der Waals surface area contributed by atoms with Gasteiger partial charge in [-0.3, -0.25) is 4.79 Å². The lowest BCUT2D eigenvalue weighted by Crippen LogP contribution is -2.11. The third-order valence-corrected chi connectivity index (χ3v) is 2.93. The van der Waals surface area contributed by atoms with Gasteiger partial charge in [0.05, 0.1) is 13.2 Å². The molecule has 100 valence electrons. The molecule has 0 radical (unpaired) electrons. The minimum atomic E-state index is -0.980. The SMILES string of the molecule is COc1cccc(C(C#N)C(=O)c2cccc(F)c2)c1. The number of hydrogen-bond acceptors (Lipinski definition) is 3. The Morgan fingerprint density at radius 2 is 2.00 bits per heavy atom. The number of nitrogens with zero attached hydrogens (tertiary/aromatic N) is 1. The lowest BCUT2D eigenvalue weighted by molar-refractivity contribution is 0.0978. The maximum atomic E-state index is 13.2. The molecule has 0 bridgehead atoms. The van der Waals surface area contributed by atoms with Crippen molar-refractivity contribution in [1.82, 2.24) is 0 Å². The number of benzene rings is 2. The zero-order valence-corrected chi connectivity index (χ0v) is 10.8. The summed E-state index contributed by atoms with van der Waals surface area (Å²) >= 11 is 0. The first-order valence-corrected chi connectivity index (χ1v) is 5.99. The molecule has 1 atom stereocenters. The summed E-state index contributed by atoms with van der Waals surface area (Å²) in [7, 11) is 1.51. The largest absolute Gasteiger partial charge is 0.497 e. The van der Waals surface area contributed by atoms with Gasteiger partial charge in [0, 0.05) is 5.56 Å². The van der Waals surface area contributed by atoms with Gasteiger partial charge in [-0.25, -0.2) is 4.39 Å². The van der Waals surface area contributed by atoms with Crippen LogP contribution in [0.4, 0.5) is 4.39 Å². The number of carbonyl (C=O) groups is 1. The third-order valence-electron chi connectivity index (χ3n) is 2.93. The number of ether oxygens (including phenoxy) is 1. The predicted molar refractivity (Wildman–Crippen MR) is 72.1 cm³/mol. The van der Waals surface area contributed by atoms with Gasteiger partial charge in [-0.1, -0.05) is 24.3 Å². The molecule has 0 aliphatic heterocycles. The fourth-order valence-corrected chi connectivity index (χ4v) is 1.91. The Hall–Kier alpha value is -2.67. The molecule has 0 saturated carbocycles. The van der Waals surface area contributed by atoms with Crippen molar-refractivity contribution in [3.8, 4) is 11.8 Å². The molecule has 0 aliphatic rings. The van der Waals surface area contributed by atoms with Gasteiger partial charge in [-0.15, -0.1) is 0 Å². The molecule has 1 unspecified atom stereocenters. The first-order valence-electron chi connectivity index (χ1n) is 5.99. The first-order chi connectivity index (χ1) is 9.65. The normalized spacial score (nSPS) is 11.4. The predicted octanol–water partition coefficient (Wildman–Crippen LogP) is 3.32. The van der Waals surface area contributed by atoms with Crippen LogP contribution in [0.15, 0.2) is 48.5 Å². The standard InChI is InChI=1S/C16H12FNO2/c1-20-14-7-3-4-11(9-14)15(10-18)16(19)12-5-2-6-13(17)8-12/h2-9,15H,1H3. The maximum absolute atomic E-state index is 13.2. The average molecular weight is 269 g/mol. The van der Waals surface area contributed by atoms with Crippen molar-refractivity contribution in [1.29, 1.82) is 5.26 Å². The van der Waals surface area contributed by atoms with Gasteiger partial charge in [0.2, 0.25) is 0 Å². The second-order valence-electron chi connectivity index (χ2n) is 4.21. The molecular weight excluding hydrogens is 257 g/mol. The van der Waals surface area contributed by atoms with E-state index in [1.807, 2.05) is 6.07 Å². The number of ketones is 1. The molecular formula is C16H12FNO2. The molecule has 2 rings (SSSR count). The summed E-state index contributed by atoms with van der Waals surface area (Å²) in [5.74, 6) is -1.35. The molecule has 0 aromatic heterocycles. The number of halogens is 1. The number of nitriles is 1. The highest BCUT2D eigenvalue weighted by atomic mass is 19.1. The fraction of sp³-hybridized carbons (Fsp3) is 0.125. The number of Topliss-reactive ketones (excluding diaryl/α,β-unsaturated/α-hetero) is 1. The van der Waals surface area contributed by atoms with Crippen LogP contribution in [0.3, 0.4) is 0 Å². The summed E-state index contributed by atoms with van der Waals surface area (Å²) in [6, 6.07) is 14.0. The summed E-state index contributed by atoms with van der Waals surface area (Å²) < 4.78 is 18.2. The van der Waals surface area contributed by atoms with E-state index in [9.17, 15) is 14.4 Å². The molecule has 20 heavy (non-hydrogen) atoms. The van der Waals surface area contributed by atoms with Crippen LogP contribution in [0.1, 0.15) is 21.8 Å². The van der Waals surface area contributed by atoms with Crippen LogP contribution in [0.5, 0.6) is 5.75 Å². The monoisotopic (exact) mass is 269 g/mol. The number of hydrogen-bond donors (Lipinski definition) is 0. The Labute approximate surface area is 116 Å². The lowest BCUT2D eigenvalue weighted by Gasteiger charge is -2.10. The van der Waals surface area contributed by atoms with E-state index in [0.29, 0.717) is 11.3 Å². The van der Waals surface area contributed by atoms with E-state index < -0.39 is 17.5 Å². The molecule has 2 aromatic rings. The maximum Gasteiger partial charge on any atom is 0.184 e. The summed E-state index contributed by atoms with van der Waals surface area (Å²) in [5.41, 5.74) is 0.709. The Bertz CT molecular complexity index is 676. The van der Waals surface area contributed by atoms with Crippen LogP contribution in [0.2, 0.25) is 0 Å².